The molecule has 1 aromatic heterocycles. The zero-order chi connectivity index (χ0) is 19.1. The predicted octanol–water partition coefficient (Wildman–Crippen LogP) is 3.04. The Bertz CT molecular complexity index is 827. The number of aromatic nitrogens is 1. The van der Waals surface area contributed by atoms with Gasteiger partial charge in [-0.05, 0) is 55.7 Å². The van der Waals surface area contributed by atoms with E-state index in [9.17, 15) is 9.59 Å². The third kappa shape index (κ3) is 4.79. The molecule has 0 bridgehead atoms. The van der Waals surface area contributed by atoms with Gasteiger partial charge >= 0.3 is 0 Å². The normalized spacial score (nSPS) is 13.1. The molecular formula is C22H29N3O2. The van der Waals surface area contributed by atoms with Gasteiger partial charge in [0.15, 0.2) is 0 Å². The number of hydrogen-bond donors (Lipinski definition) is 2. The van der Waals surface area contributed by atoms with Crippen molar-refractivity contribution in [3.05, 3.63) is 69.1 Å². The fraction of sp³-hybridized carbons (Fsp3) is 0.455. The minimum Gasteiger partial charge on any atom is -0.352 e. The number of nitrogens with zero attached hydrogens (tertiary/aromatic N) is 1. The quantitative estimate of drug-likeness (QED) is 0.705. The largest absolute Gasteiger partial charge is 0.352 e. The maximum absolute atomic E-state index is 12.9. The average Bonchev–Trinajstić information content (AvgIpc) is 2.70. The van der Waals surface area contributed by atoms with Crippen LogP contribution in [0.4, 0.5) is 0 Å². The van der Waals surface area contributed by atoms with E-state index >= 15 is 0 Å². The number of carbonyl (C=O) groups is 1. The maximum Gasteiger partial charge on any atom is 0.281 e. The third-order valence-electron chi connectivity index (χ3n) is 5.09. The van der Waals surface area contributed by atoms with Gasteiger partial charge in [-0.3, -0.25) is 9.59 Å². The van der Waals surface area contributed by atoms with Crippen molar-refractivity contribution in [2.75, 3.05) is 18.5 Å². The number of unbranched alkanes of at least 4 members (excludes halogenated alkanes) is 1. The molecule has 1 amide bonds. The van der Waals surface area contributed by atoms with Gasteiger partial charge in [0.05, 0.1) is 0 Å². The molecule has 1 aliphatic carbocycles. The van der Waals surface area contributed by atoms with E-state index in [1.807, 2.05) is 36.4 Å². The Morgan fingerprint density at radius 2 is 1.89 bits per heavy atom. The molecule has 0 aliphatic heterocycles. The molecule has 0 saturated carbocycles. The molecule has 5 heteroatoms. The van der Waals surface area contributed by atoms with E-state index < -0.39 is 0 Å². The van der Waals surface area contributed by atoms with E-state index in [1.165, 1.54) is 5.56 Å². The first kappa shape index (κ1) is 19.2. The number of rotatable bonds is 8. The van der Waals surface area contributed by atoms with Gasteiger partial charge in [-0.25, -0.2) is 4.68 Å². The summed E-state index contributed by atoms with van der Waals surface area (Å²) in [5.41, 5.74) is 6.59. The molecule has 27 heavy (non-hydrogen) atoms. The fourth-order valence-electron chi connectivity index (χ4n) is 3.56. The monoisotopic (exact) mass is 367 g/mol. The molecule has 1 aliphatic rings. The number of hydrogen-bond acceptors (Lipinski definition) is 3. The number of carbonyl (C=O) groups excluding carboxylic acids is 1. The Morgan fingerprint density at radius 3 is 2.67 bits per heavy atom. The molecule has 0 saturated heterocycles. The lowest BCUT2D eigenvalue weighted by Crippen LogP contribution is -2.40. The lowest BCUT2D eigenvalue weighted by atomic mass is 9.94. The van der Waals surface area contributed by atoms with Crippen LogP contribution < -0.4 is 16.3 Å². The van der Waals surface area contributed by atoms with Crippen LogP contribution in [0.2, 0.25) is 0 Å². The molecule has 5 nitrogen and oxygen atoms in total. The minimum absolute atomic E-state index is 0.232. The summed E-state index contributed by atoms with van der Waals surface area (Å²) < 4.78 is 1.64. The van der Waals surface area contributed by atoms with Crippen LogP contribution in [-0.2, 0) is 19.3 Å². The van der Waals surface area contributed by atoms with E-state index in [1.54, 1.807) is 4.68 Å². The first-order chi connectivity index (χ1) is 13.2. The Hall–Kier alpha value is -2.56. The van der Waals surface area contributed by atoms with Gasteiger partial charge in [0.1, 0.15) is 5.56 Å². The van der Waals surface area contributed by atoms with Crippen LogP contribution in [0.3, 0.4) is 0 Å². The van der Waals surface area contributed by atoms with Crippen LogP contribution in [0.1, 0.15) is 59.8 Å². The first-order valence-electron chi connectivity index (χ1n) is 10.0. The van der Waals surface area contributed by atoms with E-state index in [2.05, 4.69) is 17.7 Å². The van der Waals surface area contributed by atoms with Gasteiger partial charge in [0.2, 0.25) is 0 Å². The van der Waals surface area contributed by atoms with E-state index in [0.29, 0.717) is 6.54 Å². The summed E-state index contributed by atoms with van der Waals surface area (Å²) in [5, 5.41) is 2.91. The molecule has 144 valence electrons. The van der Waals surface area contributed by atoms with Gasteiger partial charge in [0.25, 0.3) is 11.5 Å². The molecule has 0 fully saturated rings. The van der Waals surface area contributed by atoms with Gasteiger partial charge in [-0.1, -0.05) is 43.7 Å². The highest BCUT2D eigenvalue weighted by atomic mass is 16.2. The smallest absolute Gasteiger partial charge is 0.281 e. The molecular weight excluding hydrogens is 338 g/mol. The second-order valence-corrected chi connectivity index (χ2v) is 7.13. The third-order valence-corrected chi connectivity index (χ3v) is 5.09. The molecule has 2 aromatic rings. The van der Waals surface area contributed by atoms with Crippen molar-refractivity contribution in [3.8, 4) is 0 Å². The summed E-state index contributed by atoms with van der Waals surface area (Å²) in [5.74, 6) is -0.282. The number of fused-ring (bicyclic) bond motifs is 1. The van der Waals surface area contributed by atoms with Crippen molar-refractivity contribution in [1.82, 2.24) is 9.99 Å². The van der Waals surface area contributed by atoms with Gasteiger partial charge in [0, 0.05) is 18.8 Å². The summed E-state index contributed by atoms with van der Waals surface area (Å²) in [7, 11) is 0. The summed E-state index contributed by atoms with van der Waals surface area (Å²) >= 11 is 0. The molecule has 3 rings (SSSR count). The summed E-state index contributed by atoms with van der Waals surface area (Å²) in [6.07, 6.45) is 6.81. The lowest BCUT2D eigenvalue weighted by molar-refractivity contribution is 0.0952. The Kier molecular flexibility index (Phi) is 6.69. The highest BCUT2D eigenvalue weighted by molar-refractivity contribution is 5.94. The maximum atomic E-state index is 12.9. The SMILES string of the molecule is CCCCNn1c2c(cc(C(=O)NCCc3ccccc3)c1=O)CCCC2. The molecule has 1 aromatic carbocycles. The topological polar surface area (TPSA) is 63.1 Å². The van der Waals surface area contributed by atoms with Crippen molar-refractivity contribution >= 4 is 5.91 Å². The predicted molar refractivity (Wildman–Crippen MR) is 109 cm³/mol. The Balaban J connectivity index is 1.76. The van der Waals surface area contributed by atoms with Gasteiger partial charge in [-0.15, -0.1) is 0 Å². The molecule has 2 N–H and O–H groups in total. The highest BCUT2D eigenvalue weighted by Crippen LogP contribution is 2.20. The van der Waals surface area contributed by atoms with Crippen molar-refractivity contribution in [1.29, 1.82) is 0 Å². The number of benzene rings is 1. The van der Waals surface area contributed by atoms with Crippen molar-refractivity contribution in [3.63, 3.8) is 0 Å². The van der Waals surface area contributed by atoms with E-state index in [0.717, 1.165) is 62.7 Å². The molecule has 0 radical (unpaired) electrons. The lowest BCUT2D eigenvalue weighted by Gasteiger charge is -2.23. The van der Waals surface area contributed by atoms with Crippen molar-refractivity contribution in [2.45, 2.75) is 51.9 Å². The van der Waals surface area contributed by atoms with Crippen LogP contribution in [0.15, 0.2) is 41.2 Å². The molecule has 0 unspecified atom stereocenters. The molecule has 1 heterocycles. The van der Waals surface area contributed by atoms with Crippen LogP contribution >= 0.6 is 0 Å². The van der Waals surface area contributed by atoms with Crippen LogP contribution in [-0.4, -0.2) is 23.7 Å². The average molecular weight is 367 g/mol. The molecule has 0 atom stereocenters. The zero-order valence-electron chi connectivity index (χ0n) is 16.1. The van der Waals surface area contributed by atoms with Crippen LogP contribution in [0, 0.1) is 0 Å². The second-order valence-electron chi connectivity index (χ2n) is 7.13. The number of aryl methyl sites for hydroxylation is 1. The van der Waals surface area contributed by atoms with E-state index in [4.69, 9.17) is 0 Å². The Labute approximate surface area is 160 Å². The highest BCUT2D eigenvalue weighted by Gasteiger charge is 2.21. The van der Waals surface area contributed by atoms with Crippen molar-refractivity contribution < 1.29 is 4.79 Å². The molecule has 0 spiro atoms. The first-order valence-corrected chi connectivity index (χ1v) is 10.0. The minimum atomic E-state index is -0.282. The number of nitrogens with one attached hydrogen (secondary N) is 2. The Morgan fingerprint density at radius 1 is 1.11 bits per heavy atom. The van der Waals surface area contributed by atoms with E-state index in [-0.39, 0.29) is 17.0 Å². The number of pyridine rings is 1. The zero-order valence-corrected chi connectivity index (χ0v) is 16.1. The van der Waals surface area contributed by atoms with Crippen LogP contribution in [0.5, 0.6) is 0 Å². The summed E-state index contributed by atoms with van der Waals surface area (Å²) in [6, 6.07) is 11.8. The fourth-order valence-corrected chi connectivity index (χ4v) is 3.56. The summed E-state index contributed by atoms with van der Waals surface area (Å²) in [4.78, 5) is 25.6. The van der Waals surface area contributed by atoms with Crippen LogP contribution in [0.25, 0.3) is 0 Å². The van der Waals surface area contributed by atoms with Gasteiger partial charge in [-0.2, -0.15) is 0 Å². The second kappa shape index (κ2) is 9.40. The number of amides is 1. The van der Waals surface area contributed by atoms with Crippen molar-refractivity contribution in [2.24, 2.45) is 0 Å². The standard InChI is InChI=1S/C22H29N3O2/c1-2-3-14-24-25-20-12-8-7-11-18(20)16-19(22(25)27)21(26)23-15-13-17-9-5-4-6-10-17/h4-6,9-10,16,24H,2-3,7-8,11-15H2,1H3,(H,23,26). The summed E-state index contributed by atoms with van der Waals surface area (Å²) in [6.45, 7) is 3.38. The van der Waals surface area contributed by atoms with Gasteiger partial charge < -0.3 is 10.7 Å².